The Bertz CT molecular complexity index is 499. The molecule has 0 heterocycles. The van der Waals surface area contributed by atoms with Crippen LogP contribution < -0.4 is 9.05 Å². The van der Waals surface area contributed by atoms with Gasteiger partial charge in [0, 0.05) is 0 Å². The zero-order valence-electron chi connectivity index (χ0n) is 9.89. The minimum absolute atomic E-state index is 0.544. The molecule has 2 aromatic carbocycles. The average Bonchev–Trinajstić information content (AvgIpc) is 2.41. The third kappa shape index (κ3) is 6.17. The van der Waals surface area contributed by atoms with E-state index in [0.717, 1.165) is 0 Å². The highest BCUT2D eigenvalue weighted by Crippen LogP contribution is 2.29. The van der Waals surface area contributed by atoms with E-state index in [1.807, 2.05) is 36.4 Å². The lowest BCUT2D eigenvalue weighted by atomic mass is 10.3. The number of hydrogen-bond acceptors (Lipinski definition) is 4. The van der Waals surface area contributed by atoms with Crippen LogP contribution in [-0.4, -0.2) is 0 Å². The fourth-order valence-electron chi connectivity index (χ4n) is 1.19. The Hall–Kier alpha value is -2.42. The Balaban J connectivity index is 0.000000550. The fraction of sp³-hybridized carbons (Fsp3) is 0. The molecule has 0 bridgehead atoms. The van der Waals surface area contributed by atoms with Crippen molar-refractivity contribution in [2.45, 2.75) is 0 Å². The van der Waals surface area contributed by atoms with E-state index in [1.54, 1.807) is 29.2 Å². The predicted molar refractivity (Wildman–Crippen MR) is 72.6 cm³/mol. The lowest BCUT2D eigenvalue weighted by Gasteiger charge is -2.07. The molecule has 19 heavy (non-hydrogen) atoms. The molecule has 0 atom stereocenters. The molecule has 0 saturated carbocycles. The first-order valence-electron chi connectivity index (χ1n) is 5.27. The van der Waals surface area contributed by atoms with Gasteiger partial charge < -0.3 is 9.05 Å². The Morgan fingerprint density at radius 1 is 0.895 bits per heavy atom. The summed E-state index contributed by atoms with van der Waals surface area (Å²) in [5.41, 5.74) is 12.2. The van der Waals surface area contributed by atoms with Crippen molar-refractivity contribution in [1.29, 1.82) is 5.53 Å². The third-order valence-electron chi connectivity index (χ3n) is 1.89. The molecule has 0 amide bonds. The van der Waals surface area contributed by atoms with Gasteiger partial charge in [0.15, 0.2) is 0 Å². The summed E-state index contributed by atoms with van der Waals surface area (Å²) in [5.74, 6) is 1.09. The van der Waals surface area contributed by atoms with Gasteiger partial charge in [0.05, 0.1) is 0 Å². The maximum atomic E-state index is 11.5. The van der Waals surface area contributed by atoms with Gasteiger partial charge in [0.1, 0.15) is 11.5 Å². The topological polar surface area (TPSA) is 95.8 Å². The summed E-state index contributed by atoms with van der Waals surface area (Å²) in [4.78, 5) is 1.75. The van der Waals surface area contributed by atoms with Crippen molar-refractivity contribution in [3.63, 3.8) is 0 Å². The maximum absolute atomic E-state index is 11.5. The summed E-state index contributed by atoms with van der Waals surface area (Å²) in [6.45, 7) is 0. The lowest BCUT2D eigenvalue weighted by Crippen LogP contribution is -1.87. The molecule has 6 nitrogen and oxygen atoms in total. The van der Waals surface area contributed by atoms with Gasteiger partial charge in [-0.15, -0.1) is 5.53 Å². The van der Waals surface area contributed by atoms with Crippen LogP contribution in [0.2, 0.25) is 0 Å². The summed E-state index contributed by atoms with van der Waals surface area (Å²) in [6.07, 6.45) is 0. The van der Waals surface area contributed by atoms with Crippen molar-refractivity contribution in [1.82, 2.24) is 0 Å². The van der Waals surface area contributed by atoms with E-state index in [-0.39, 0.29) is 0 Å². The van der Waals surface area contributed by atoms with Crippen LogP contribution in [0.5, 0.6) is 11.5 Å². The Morgan fingerprint density at radius 3 is 1.53 bits per heavy atom. The fourth-order valence-corrected chi connectivity index (χ4v) is 1.89. The third-order valence-corrected chi connectivity index (χ3v) is 2.69. The first-order valence-corrected chi connectivity index (χ1v) is 6.49. The number of hydrogen-bond donors (Lipinski definition) is 1. The van der Waals surface area contributed by atoms with Gasteiger partial charge in [0.2, 0.25) is 0 Å². The maximum Gasteiger partial charge on any atom is 0.418 e. The molecule has 0 radical (unpaired) electrons. The number of benzene rings is 2. The van der Waals surface area contributed by atoms with E-state index in [4.69, 9.17) is 20.1 Å². The van der Waals surface area contributed by atoms with Crippen molar-refractivity contribution in [2.75, 3.05) is 0 Å². The molecule has 1 N–H and O–H groups in total. The first kappa shape index (κ1) is 14.6. The molecule has 2 rings (SSSR count). The molecule has 0 unspecified atom stereocenters. The molecule has 2 aromatic rings. The van der Waals surface area contributed by atoms with E-state index in [0.29, 0.717) is 11.5 Å². The number of para-hydroxylation sites is 2. The SMILES string of the molecule is O=[PH](Oc1ccccc1)Oc1ccccc1.[N-]=[N+]=N. The minimum Gasteiger partial charge on any atom is -0.418 e. The van der Waals surface area contributed by atoms with Gasteiger partial charge in [-0.1, -0.05) is 36.4 Å². The summed E-state index contributed by atoms with van der Waals surface area (Å²) in [5, 5.41) is 0. The molecule has 0 aliphatic carbocycles. The van der Waals surface area contributed by atoms with Crippen LogP contribution in [0.4, 0.5) is 0 Å². The number of rotatable bonds is 4. The molecule has 0 fully saturated rings. The number of nitrogens with zero attached hydrogens (tertiary/aromatic N) is 2. The van der Waals surface area contributed by atoms with Crippen molar-refractivity contribution in [3.8, 4) is 11.5 Å². The second kappa shape index (κ2) is 8.64. The van der Waals surface area contributed by atoms with Crippen molar-refractivity contribution in [2.24, 2.45) is 0 Å². The second-order valence-electron chi connectivity index (χ2n) is 3.18. The minimum atomic E-state index is -2.54. The van der Waals surface area contributed by atoms with E-state index < -0.39 is 8.25 Å². The smallest absolute Gasteiger partial charge is 0.418 e. The van der Waals surface area contributed by atoms with Crippen LogP contribution >= 0.6 is 8.25 Å². The molecule has 7 heteroatoms. The molecule has 98 valence electrons. The van der Waals surface area contributed by atoms with E-state index in [2.05, 4.69) is 0 Å². The zero-order valence-corrected chi connectivity index (χ0v) is 10.9. The highest BCUT2D eigenvalue weighted by atomic mass is 31.1. The molecular formula is C12H12N3O3P. The Labute approximate surface area is 111 Å². The van der Waals surface area contributed by atoms with Crippen LogP contribution in [0.1, 0.15) is 0 Å². The summed E-state index contributed by atoms with van der Waals surface area (Å²) < 4.78 is 21.8. The standard InChI is InChI=1S/C12H11O3P.HN3/c13-16(14-11-7-3-1-4-8-11)15-12-9-5-2-6-10-12;1-3-2/h1-10,16H;1H. The van der Waals surface area contributed by atoms with E-state index in [1.165, 1.54) is 0 Å². The van der Waals surface area contributed by atoms with Crippen LogP contribution in [0.15, 0.2) is 60.7 Å². The largest absolute Gasteiger partial charge is 0.418 e. The van der Waals surface area contributed by atoms with Crippen LogP contribution in [0, 0.1) is 5.53 Å². The van der Waals surface area contributed by atoms with Crippen LogP contribution in [-0.2, 0) is 4.57 Å². The van der Waals surface area contributed by atoms with Gasteiger partial charge in [-0.05, 0) is 34.7 Å². The van der Waals surface area contributed by atoms with Gasteiger partial charge >= 0.3 is 8.25 Å². The Morgan fingerprint density at radius 2 is 1.21 bits per heavy atom. The van der Waals surface area contributed by atoms with Crippen molar-refractivity contribution >= 4 is 8.25 Å². The number of nitrogens with one attached hydrogen (secondary N) is 1. The van der Waals surface area contributed by atoms with Gasteiger partial charge in [-0.2, -0.15) is 0 Å². The predicted octanol–water partition coefficient (Wildman–Crippen LogP) is 4.41. The second-order valence-corrected chi connectivity index (χ2v) is 4.09. The summed E-state index contributed by atoms with van der Waals surface area (Å²) >= 11 is 0. The molecule has 0 aromatic heterocycles. The highest BCUT2D eigenvalue weighted by Gasteiger charge is 2.02. The quantitative estimate of drug-likeness (QED) is 0.388. The van der Waals surface area contributed by atoms with Crippen molar-refractivity contribution < 1.29 is 13.6 Å². The normalized spacial score (nSPS) is 8.89. The van der Waals surface area contributed by atoms with Crippen LogP contribution in [0.3, 0.4) is 0 Å². The summed E-state index contributed by atoms with van der Waals surface area (Å²) in [6, 6.07) is 17.9. The van der Waals surface area contributed by atoms with E-state index in [9.17, 15) is 4.57 Å². The zero-order chi connectivity index (χ0) is 13.9. The van der Waals surface area contributed by atoms with Crippen LogP contribution in [0.25, 0.3) is 10.4 Å². The summed E-state index contributed by atoms with van der Waals surface area (Å²) in [7, 11) is -2.54. The van der Waals surface area contributed by atoms with Gasteiger partial charge in [-0.25, -0.2) is 4.57 Å². The van der Waals surface area contributed by atoms with Gasteiger partial charge in [0.25, 0.3) is 0 Å². The molecule has 0 aliphatic rings. The highest BCUT2D eigenvalue weighted by molar-refractivity contribution is 7.34. The van der Waals surface area contributed by atoms with E-state index >= 15 is 0 Å². The van der Waals surface area contributed by atoms with Crippen molar-refractivity contribution in [3.05, 3.63) is 71.1 Å². The van der Waals surface area contributed by atoms with Gasteiger partial charge in [-0.3, -0.25) is 0 Å². The molecule has 0 aliphatic heterocycles. The Kier molecular flexibility index (Phi) is 6.66. The molecular weight excluding hydrogens is 265 g/mol. The monoisotopic (exact) mass is 277 g/mol. The molecule has 0 spiro atoms. The molecule has 0 saturated heterocycles. The average molecular weight is 277 g/mol. The lowest BCUT2D eigenvalue weighted by molar-refractivity contribution is 0.415. The first-order chi connectivity index (χ1) is 9.26.